The van der Waals surface area contributed by atoms with Crippen LogP contribution in [-0.4, -0.2) is 30.9 Å². The molecule has 0 atom stereocenters. The van der Waals surface area contributed by atoms with Gasteiger partial charge >= 0.3 is 5.97 Å². The molecule has 0 saturated heterocycles. The van der Waals surface area contributed by atoms with Gasteiger partial charge in [0.15, 0.2) is 18.2 Å². The number of nitrogens with one attached hydrogen (secondary N) is 2. The van der Waals surface area contributed by atoms with Crippen molar-refractivity contribution in [2.24, 2.45) is 5.92 Å². The molecule has 1 aliphatic carbocycles. The van der Waals surface area contributed by atoms with E-state index in [9.17, 15) is 23.2 Å². The molecule has 1 aromatic rings. The highest BCUT2D eigenvalue weighted by Crippen LogP contribution is 2.28. The molecule has 2 N–H and O–H groups in total. The van der Waals surface area contributed by atoms with E-state index in [2.05, 4.69) is 10.6 Å². The van der Waals surface area contributed by atoms with Crippen LogP contribution in [0.3, 0.4) is 0 Å². The Morgan fingerprint density at radius 2 is 1.81 bits per heavy atom. The van der Waals surface area contributed by atoms with E-state index in [4.69, 9.17) is 4.74 Å². The number of carbonyl (C=O) groups excluding carboxylic acids is 3. The zero-order valence-corrected chi connectivity index (χ0v) is 14.4. The first kappa shape index (κ1) is 19.8. The maximum atomic E-state index is 13.0. The van der Waals surface area contributed by atoms with Gasteiger partial charge in [0.1, 0.15) is 0 Å². The topological polar surface area (TPSA) is 84.5 Å². The number of hydrogen-bond acceptors (Lipinski definition) is 4. The van der Waals surface area contributed by atoms with Crippen LogP contribution < -0.4 is 10.6 Å². The Morgan fingerprint density at radius 3 is 2.50 bits per heavy atom. The second kappa shape index (κ2) is 9.84. The summed E-state index contributed by atoms with van der Waals surface area (Å²) in [5.41, 5.74) is 0.0708. The van der Waals surface area contributed by atoms with Crippen LogP contribution in [0.15, 0.2) is 18.2 Å². The lowest BCUT2D eigenvalue weighted by atomic mass is 10.0. The van der Waals surface area contributed by atoms with Crippen LogP contribution >= 0.6 is 0 Å². The Hall–Kier alpha value is -2.51. The fourth-order valence-corrected chi connectivity index (χ4v) is 2.85. The Labute approximate surface area is 150 Å². The minimum atomic E-state index is -1.09. The van der Waals surface area contributed by atoms with Crippen LogP contribution in [0.4, 0.5) is 14.5 Å². The van der Waals surface area contributed by atoms with E-state index in [1.54, 1.807) is 0 Å². The molecule has 0 radical (unpaired) electrons. The number of anilines is 1. The number of amides is 2. The second-order valence-corrected chi connectivity index (χ2v) is 6.30. The number of carbonyl (C=O) groups is 3. The zero-order valence-electron chi connectivity index (χ0n) is 14.4. The molecular weight excluding hydrogens is 346 g/mol. The third kappa shape index (κ3) is 6.78. The SMILES string of the molecule is O=C(COC(=O)CCC1CCCC1)NCC(=O)Nc1ccc(F)c(F)c1. The summed E-state index contributed by atoms with van der Waals surface area (Å²) in [7, 11) is 0. The molecule has 0 aromatic heterocycles. The van der Waals surface area contributed by atoms with Crippen LogP contribution in [0, 0.1) is 17.6 Å². The second-order valence-electron chi connectivity index (χ2n) is 6.30. The lowest BCUT2D eigenvalue weighted by Crippen LogP contribution is -2.35. The van der Waals surface area contributed by atoms with Crippen LogP contribution in [0.1, 0.15) is 38.5 Å². The minimum absolute atomic E-state index is 0.0708. The molecule has 1 saturated carbocycles. The van der Waals surface area contributed by atoms with E-state index in [1.807, 2.05) is 0 Å². The van der Waals surface area contributed by atoms with Gasteiger partial charge in [-0.1, -0.05) is 25.7 Å². The maximum absolute atomic E-state index is 13.0. The summed E-state index contributed by atoms with van der Waals surface area (Å²) in [4.78, 5) is 34.8. The van der Waals surface area contributed by atoms with E-state index in [0.29, 0.717) is 5.92 Å². The van der Waals surface area contributed by atoms with Gasteiger partial charge in [-0.25, -0.2) is 8.78 Å². The van der Waals surface area contributed by atoms with E-state index >= 15 is 0 Å². The Bertz CT molecular complexity index is 661. The predicted octanol–water partition coefficient (Wildman–Crippen LogP) is 2.53. The van der Waals surface area contributed by atoms with E-state index < -0.39 is 36.0 Å². The number of ether oxygens (including phenoxy) is 1. The molecule has 2 amide bonds. The molecule has 0 aliphatic heterocycles. The fourth-order valence-electron chi connectivity index (χ4n) is 2.85. The van der Waals surface area contributed by atoms with Gasteiger partial charge < -0.3 is 15.4 Å². The molecule has 1 fully saturated rings. The Morgan fingerprint density at radius 1 is 1.08 bits per heavy atom. The van der Waals surface area contributed by atoms with Crippen molar-refractivity contribution in [2.45, 2.75) is 38.5 Å². The summed E-state index contributed by atoms with van der Waals surface area (Å²) < 4.78 is 30.7. The van der Waals surface area contributed by atoms with Crippen LogP contribution in [-0.2, 0) is 19.1 Å². The van der Waals surface area contributed by atoms with Gasteiger partial charge in [0, 0.05) is 18.2 Å². The van der Waals surface area contributed by atoms with Gasteiger partial charge in [0.25, 0.3) is 5.91 Å². The highest BCUT2D eigenvalue weighted by atomic mass is 19.2. The Kier molecular flexibility index (Phi) is 7.50. The number of halogens is 2. The lowest BCUT2D eigenvalue weighted by Gasteiger charge is -2.09. The smallest absolute Gasteiger partial charge is 0.306 e. The molecule has 8 heteroatoms. The zero-order chi connectivity index (χ0) is 18.9. The molecule has 0 heterocycles. The largest absolute Gasteiger partial charge is 0.456 e. The normalized spacial score (nSPS) is 14.1. The van der Waals surface area contributed by atoms with Crippen molar-refractivity contribution in [1.29, 1.82) is 0 Å². The molecule has 6 nitrogen and oxygen atoms in total. The standard InChI is InChI=1S/C18H22F2N2O4/c19-14-7-6-13(9-15(14)20)22-16(23)10-21-17(24)11-26-18(25)8-5-12-3-1-2-4-12/h6-7,9,12H,1-5,8,10-11H2,(H,21,24)(H,22,23). The lowest BCUT2D eigenvalue weighted by molar-refractivity contribution is -0.148. The Balaban J connectivity index is 1.60. The maximum Gasteiger partial charge on any atom is 0.306 e. The summed E-state index contributed by atoms with van der Waals surface area (Å²) in [6.45, 7) is -0.834. The summed E-state index contributed by atoms with van der Waals surface area (Å²) in [6, 6.07) is 2.92. The molecule has 0 spiro atoms. The summed E-state index contributed by atoms with van der Waals surface area (Å²) >= 11 is 0. The molecule has 0 unspecified atom stereocenters. The fraction of sp³-hybridized carbons (Fsp3) is 0.500. The van der Waals surface area contributed by atoms with Gasteiger partial charge in [0.05, 0.1) is 6.54 Å². The average Bonchev–Trinajstić information content (AvgIpc) is 3.13. The first-order valence-corrected chi connectivity index (χ1v) is 8.61. The molecule has 1 aromatic carbocycles. The van der Waals surface area contributed by atoms with Gasteiger partial charge in [-0.05, 0) is 24.5 Å². The highest BCUT2D eigenvalue weighted by molar-refractivity contribution is 5.94. The highest BCUT2D eigenvalue weighted by Gasteiger charge is 2.17. The molecule has 142 valence electrons. The molecular formula is C18H22F2N2O4. The minimum Gasteiger partial charge on any atom is -0.456 e. The first-order chi connectivity index (χ1) is 12.4. The number of benzene rings is 1. The molecule has 1 aliphatic rings. The van der Waals surface area contributed by atoms with E-state index in [1.165, 1.54) is 18.9 Å². The van der Waals surface area contributed by atoms with Crippen molar-refractivity contribution in [2.75, 3.05) is 18.5 Å². The monoisotopic (exact) mass is 368 g/mol. The third-order valence-corrected chi connectivity index (χ3v) is 4.25. The van der Waals surface area contributed by atoms with Gasteiger partial charge in [0.2, 0.25) is 5.91 Å². The van der Waals surface area contributed by atoms with Crippen LogP contribution in [0.5, 0.6) is 0 Å². The van der Waals surface area contributed by atoms with Crippen molar-refractivity contribution < 1.29 is 27.9 Å². The quantitative estimate of drug-likeness (QED) is 0.691. The van der Waals surface area contributed by atoms with Gasteiger partial charge in [-0.2, -0.15) is 0 Å². The van der Waals surface area contributed by atoms with Crippen molar-refractivity contribution >= 4 is 23.5 Å². The molecule has 26 heavy (non-hydrogen) atoms. The van der Waals surface area contributed by atoms with Crippen molar-refractivity contribution in [3.63, 3.8) is 0 Å². The summed E-state index contributed by atoms with van der Waals surface area (Å²) in [6.07, 6.45) is 5.75. The first-order valence-electron chi connectivity index (χ1n) is 8.61. The predicted molar refractivity (Wildman–Crippen MR) is 90.1 cm³/mol. The van der Waals surface area contributed by atoms with Crippen molar-refractivity contribution in [1.82, 2.24) is 5.32 Å². The molecule has 0 bridgehead atoms. The number of esters is 1. The number of rotatable bonds is 8. The van der Waals surface area contributed by atoms with Gasteiger partial charge in [-0.3, -0.25) is 14.4 Å². The van der Waals surface area contributed by atoms with Gasteiger partial charge in [-0.15, -0.1) is 0 Å². The van der Waals surface area contributed by atoms with E-state index in [0.717, 1.165) is 31.4 Å². The van der Waals surface area contributed by atoms with E-state index in [-0.39, 0.29) is 18.7 Å². The average molecular weight is 368 g/mol. The van der Waals surface area contributed by atoms with Crippen molar-refractivity contribution in [3.05, 3.63) is 29.8 Å². The third-order valence-electron chi connectivity index (χ3n) is 4.25. The van der Waals surface area contributed by atoms with Crippen LogP contribution in [0.25, 0.3) is 0 Å². The molecule has 2 rings (SSSR count). The summed E-state index contributed by atoms with van der Waals surface area (Å²) in [5.74, 6) is -3.20. The summed E-state index contributed by atoms with van der Waals surface area (Å²) in [5, 5.41) is 4.60. The van der Waals surface area contributed by atoms with Crippen molar-refractivity contribution in [3.8, 4) is 0 Å². The van der Waals surface area contributed by atoms with Crippen LogP contribution in [0.2, 0.25) is 0 Å². The number of hydrogen-bond donors (Lipinski definition) is 2.